The summed E-state index contributed by atoms with van der Waals surface area (Å²) in [4.78, 5) is -1.53. The minimum atomic E-state index is -5.00. The summed E-state index contributed by atoms with van der Waals surface area (Å²) in [6.45, 7) is 0. The number of azo groups is 1. The number of benzene rings is 4. The molecule has 4 aromatic rings. The molecule has 0 amide bonds. The standard InChI is InChI=1S/C26H24N6O9S2/c1-32(20-12-21(40-2)19(11-22(20)41-3)30-29-16-6-4-14(13-27)5-7-16)31-25-24(43(37,38)39)9-15-8-23(42(34,35)36)18(28)10-17(15)26(25)33/h4-12,31,33H,28H2,1-3H3,(H,34,35,36)(H,37,38,39). The summed E-state index contributed by atoms with van der Waals surface area (Å²) >= 11 is 0. The molecule has 15 nitrogen and oxygen atoms in total. The number of nitrogens with one attached hydrogen (secondary N) is 1. The van der Waals surface area contributed by atoms with E-state index in [4.69, 9.17) is 20.5 Å². The van der Waals surface area contributed by atoms with Crippen LogP contribution in [0.5, 0.6) is 17.2 Å². The predicted octanol–water partition coefficient (Wildman–Crippen LogP) is 4.39. The zero-order chi connectivity index (χ0) is 31.7. The topological polar surface area (TPSA) is 237 Å². The van der Waals surface area contributed by atoms with Gasteiger partial charge in [0.15, 0.2) is 0 Å². The average Bonchev–Trinajstić information content (AvgIpc) is 2.95. The first-order valence-corrected chi connectivity index (χ1v) is 14.8. The molecule has 4 aromatic carbocycles. The van der Waals surface area contributed by atoms with Gasteiger partial charge >= 0.3 is 0 Å². The van der Waals surface area contributed by atoms with Crippen LogP contribution in [0.2, 0.25) is 0 Å². The monoisotopic (exact) mass is 628 g/mol. The lowest BCUT2D eigenvalue weighted by Gasteiger charge is -2.26. The Morgan fingerprint density at radius 2 is 1.51 bits per heavy atom. The van der Waals surface area contributed by atoms with E-state index >= 15 is 0 Å². The molecule has 4 rings (SSSR count). The van der Waals surface area contributed by atoms with E-state index in [0.717, 1.165) is 18.2 Å². The molecule has 0 aliphatic carbocycles. The normalized spacial score (nSPS) is 11.8. The van der Waals surface area contributed by atoms with Crippen molar-refractivity contribution in [3.8, 4) is 23.3 Å². The first-order valence-electron chi connectivity index (χ1n) is 11.9. The number of phenolic OH excluding ortho intramolecular Hbond substituents is 1. The first-order chi connectivity index (χ1) is 20.2. The summed E-state index contributed by atoms with van der Waals surface area (Å²) in [5.74, 6) is -0.269. The van der Waals surface area contributed by atoms with Crippen molar-refractivity contribution in [3.05, 3.63) is 60.2 Å². The Hall–Kier alpha value is -5.15. The number of hydrazine groups is 1. The molecule has 0 radical (unpaired) electrons. The van der Waals surface area contributed by atoms with Crippen molar-refractivity contribution in [1.29, 1.82) is 5.26 Å². The van der Waals surface area contributed by atoms with Gasteiger partial charge in [-0.3, -0.25) is 19.5 Å². The van der Waals surface area contributed by atoms with Crippen molar-refractivity contribution in [2.45, 2.75) is 9.79 Å². The second-order valence-corrected chi connectivity index (χ2v) is 11.7. The molecule has 0 spiro atoms. The number of hydrogen-bond acceptors (Lipinski definition) is 13. The zero-order valence-electron chi connectivity index (χ0n) is 22.7. The van der Waals surface area contributed by atoms with Crippen LogP contribution in [-0.4, -0.2) is 52.3 Å². The maximum absolute atomic E-state index is 12.3. The van der Waals surface area contributed by atoms with Gasteiger partial charge in [0.25, 0.3) is 20.2 Å². The van der Waals surface area contributed by atoms with Crippen LogP contribution in [0.4, 0.5) is 28.4 Å². The van der Waals surface area contributed by atoms with Gasteiger partial charge in [-0.1, -0.05) is 0 Å². The minimum absolute atomic E-state index is 0.0868. The van der Waals surface area contributed by atoms with Gasteiger partial charge in [-0.2, -0.15) is 27.2 Å². The molecule has 6 N–H and O–H groups in total. The van der Waals surface area contributed by atoms with Gasteiger partial charge in [0.05, 0.1) is 37.2 Å². The number of rotatable bonds is 9. The van der Waals surface area contributed by atoms with E-state index in [2.05, 4.69) is 15.7 Å². The van der Waals surface area contributed by atoms with Gasteiger partial charge in [-0.15, -0.1) is 5.11 Å². The third kappa shape index (κ3) is 6.37. The number of nitrogens with zero attached hydrogens (tertiary/aromatic N) is 4. The second-order valence-electron chi connectivity index (χ2n) is 8.89. The molecular weight excluding hydrogens is 604 g/mol. The number of nitrogen functional groups attached to an aromatic ring is 1. The molecule has 0 saturated carbocycles. The predicted molar refractivity (Wildman–Crippen MR) is 157 cm³/mol. The summed E-state index contributed by atoms with van der Waals surface area (Å²) < 4.78 is 78.3. The SMILES string of the molecule is COc1cc(N(C)Nc2c(S(=O)(=O)O)cc3cc(S(=O)(=O)O)c(N)cc3c2O)c(OC)cc1N=Nc1ccc(C#N)cc1. The molecule has 43 heavy (non-hydrogen) atoms. The van der Waals surface area contributed by atoms with E-state index in [1.807, 2.05) is 6.07 Å². The Kier molecular flexibility index (Phi) is 8.32. The van der Waals surface area contributed by atoms with Gasteiger partial charge in [0, 0.05) is 24.6 Å². The number of hydrogen-bond donors (Lipinski definition) is 5. The molecule has 17 heteroatoms. The lowest BCUT2D eigenvalue weighted by molar-refractivity contribution is 0.404. The average molecular weight is 629 g/mol. The molecule has 0 heterocycles. The van der Waals surface area contributed by atoms with Crippen LogP contribution in [0.15, 0.2) is 74.6 Å². The molecule has 0 atom stereocenters. The molecule has 224 valence electrons. The molecule has 0 saturated heterocycles. The lowest BCUT2D eigenvalue weighted by atomic mass is 10.1. The fourth-order valence-electron chi connectivity index (χ4n) is 4.08. The number of fused-ring (bicyclic) bond motifs is 1. The van der Waals surface area contributed by atoms with Gasteiger partial charge < -0.3 is 20.3 Å². The summed E-state index contributed by atoms with van der Waals surface area (Å²) in [6, 6.07) is 14.2. The third-order valence-corrected chi connectivity index (χ3v) is 7.94. The van der Waals surface area contributed by atoms with Gasteiger partial charge in [-0.05, 0) is 47.9 Å². The van der Waals surface area contributed by atoms with E-state index in [-0.39, 0.29) is 33.6 Å². The number of phenols is 1. The van der Waals surface area contributed by atoms with Crippen molar-refractivity contribution in [2.75, 3.05) is 37.4 Å². The largest absolute Gasteiger partial charge is 0.505 e. The van der Waals surface area contributed by atoms with E-state index in [0.29, 0.717) is 11.3 Å². The first kappa shape index (κ1) is 30.8. The zero-order valence-corrected chi connectivity index (χ0v) is 24.3. The second kappa shape index (κ2) is 11.6. The fraction of sp³-hybridized carbons (Fsp3) is 0.115. The molecule has 0 bridgehead atoms. The van der Waals surface area contributed by atoms with Crippen LogP contribution in [0.3, 0.4) is 0 Å². The smallest absolute Gasteiger partial charge is 0.296 e. The molecule has 0 fully saturated rings. The molecule has 0 aliphatic heterocycles. The van der Waals surface area contributed by atoms with E-state index in [9.17, 15) is 31.0 Å². The molecular formula is C26H24N6O9S2. The Morgan fingerprint density at radius 3 is 2.07 bits per heavy atom. The number of ether oxygens (including phenoxy) is 2. The summed E-state index contributed by atoms with van der Waals surface area (Å²) in [7, 11) is -5.59. The Bertz CT molecular complexity index is 2030. The highest BCUT2D eigenvalue weighted by Gasteiger charge is 2.26. The quantitative estimate of drug-likeness (QED) is 0.0569. The van der Waals surface area contributed by atoms with Crippen molar-refractivity contribution >= 4 is 59.4 Å². The van der Waals surface area contributed by atoms with Gasteiger partial charge in [-0.25, -0.2) is 0 Å². The van der Waals surface area contributed by atoms with Crippen LogP contribution in [-0.2, 0) is 20.2 Å². The van der Waals surface area contributed by atoms with Gasteiger partial charge in [0.2, 0.25) is 0 Å². The summed E-state index contributed by atoms with van der Waals surface area (Å²) in [5, 5.41) is 29.4. The maximum Gasteiger partial charge on any atom is 0.296 e. The van der Waals surface area contributed by atoms with Crippen LogP contribution < -0.4 is 25.6 Å². The Morgan fingerprint density at radius 1 is 0.907 bits per heavy atom. The highest BCUT2D eigenvalue weighted by atomic mass is 32.2. The number of nitrogens with two attached hydrogens (primary N) is 1. The van der Waals surface area contributed by atoms with E-state index < -0.39 is 47.2 Å². The molecule has 0 aliphatic rings. The Labute approximate surface area is 245 Å². The van der Waals surface area contributed by atoms with Gasteiger partial charge in [0.1, 0.15) is 44.1 Å². The van der Waals surface area contributed by atoms with E-state index in [1.165, 1.54) is 38.4 Å². The van der Waals surface area contributed by atoms with Crippen LogP contribution in [0.1, 0.15) is 5.56 Å². The maximum atomic E-state index is 12.3. The fourth-order valence-corrected chi connectivity index (χ4v) is 5.39. The summed E-state index contributed by atoms with van der Waals surface area (Å²) in [6.07, 6.45) is 0. The van der Waals surface area contributed by atoms with Crippen molar-refractivity contribution < 1.29 is 40.5 Å². The third-order valence-electron chi connectivity index (χ3n) is 6.15. The highest BCUT2D eigenvalue weighted by molar-refractivity contribution is 7.86. The number of nitriles is 1. The highest BCUT2D eigenvalue weighted by Crippen LogP contribution is 2.44. The van der Waals surface area contributed by atoms with Crippen molar-refractivity contribution in [1.82, 2.24) is 0 Å². The van der Waals surface area contributed by atoms with Crippen LogP contribution >= 0.6 is 0 Å². The molecule has 0 unspecified atom stereocenters. The number of anilines is 3. The lowest BCUT2D eigenvalue weighted by Crippen LogP contribution is -2.26. The van der Waals surface area contributed by atoms with E-state index in [1.54, 1.807) is 24.3 Å². The van der Waals surface area contributed by atoms with Crippen LogP contribution in [0.25, 0.3) is 10.8 Å². The van der Waals surface area contributed by atoms with Crippen molar-refractivity contribution in [3.63, 3.8) is 0 Å². The van der Waals surface area contributed by atoms with Crippen molar-refractivity contribution in [2.24, 2.45) is 10.2 Å². The number of aromatic hydroxyl groups is 1. The molecule has 0 aromatic heterocycles. The minimum Gasteiger partial charge on any atom is -0.505 e. The van der Waals surface area contributed by atoms with Crippen LogP contribution in [0, 0.1) is 11.3 Å². The number of methoxy groups -OCH3 is 2. The summed E-state index contributed by atoms with van der Waals surface area (Å²) in [5.41, 5.74) is 9.00. The Balaban J connectivity index is 1.79.